The van der Waals surface area contributed by atoms with Gasteiger partial charge in [-0.25, -0.2) is 9.18 Å². The number of amides is 2. The van der Waals surface area contributed by atoms with Gasteiger partial charge in [-0.3, -0.25) is 4.79 Å². The standard InChI is InChI=1S/C17H15ClFN2O2/c1-2-14(22)11-8-12(18)15(13(9-11)21-17(20)23)16(19)10-6-4-3-5-7-10/h3-4,6-9,16H,2H2,1H3,(H3,20,21,23). The Morgan fingerprint density at radius 1 is 1.43 bits per heavy atom. The lowest BCUT2D eigenvalue weighted by Gasteiger charge is -2.17. The van der Waals surface area contributed by atoms with Crippen molar-refractivity contribution in [3.8, 4) is 0 Å². The molecule has 3 N–H and O–H groups in total. The first kappa shape index (κ1) is 17.0. The van der Waals surface area contributed by atoms with Crippen LogP contribution in [-0.4, -0.2) is 11.8 Å². The van der Waals surface area contributed by atoms with Crippen molar-refractivity contribution in [3.05, 3.63) is 64.2 Å². The van der Waals surface area contributed by atoms with E-state index in [1.165, 1.54) is 18.2 Å². The predicted octanol–water partition coefficient (Wildman–Crippen LogP) is 4.28. The molecule has 1 atom stereocenters. The lowest BCUT2D eigenvalue weighted by Crippen LogP contribution is -2.21. The third-order valence-corrected chi connectivity index (χ3v) is 3.62. The Bertz CT molecular complexity index is 735. The zero-order chi connectivity index (χ0) is 17.0. The SMILES string of the molecule is CCC(=O)c1cc(Cl)c(C(F)c2c[c]ccc2)c(NC(N)=O)c1. The highest BCUT2D eigenvalue weighted by Gasteiger charge is 2.23. The molecule has 0 aliphatic rings. The van der Waals surface area contributed by atoms with Gasteiger partial charge in [0.2, 0.25) is 0 Å². The zero-order valence-corrected chi connectivity index (χ0v) is 13.2. The highest BCUT2D eigenvalue weighted by atomic mass is 35.5. The summed E-state index contributed by atoms with van der Waals surface area (Å²) in [5, 5.41) is 2.38. The number of halogens is 2. The number of alkyl halides is 1. The zero-order valence-electron chi connectivity index (χ0n) is 12.4. The average molecular weight is 334 g/mol. The van der Waals surface area contributed by atoms with Crippen molar-refractivity contribution >= 4 is 29.1 Å². The fraction of sp³-hybridized carbons (Fsp3) is 0.176. The molecule has 0 saturated carbocycles. The van der Waals surface area contributed by atoms with Crippen LogP contribution in [0.3, 0.4) is 0 Å². The minimum Gasteiger partial charge on any atom is -0.351 e. The number of urea groups is 1. The number of hydrogen-bond acceptors (Lipinski definition) is 2. The number of nitrogens with two attached hydrogens (primary N) is 1. The molecule has 0 fully saturated rings. The Kier molecular flexibility index (Phi) is 5.34. The Hall–Kier alpha value is -2.40. The minimum absolute atomic E-state index is 0.0457. The first-order valence-corrected chi connectivity index (χ1v) is 7.35. The predicted molar refractivity (Wildman–Crippen MR) is 87.5 cm³/mol. The molecule has 119 valence electrons. The number of hydrogen-bond donors (Lipinski definition) is 2. The van der Waals surface area contributed by atoms with E-state index < -0.39 is 12.2 Å². The molecule has 2 aromatic rings. The molecule has 0 heterocycles. The molecule has 0 bridgehead atoms. The van der Waals surface area contributed by atoms with Gasteiger partial charge in [-0.1, -0.05) is 36.7 Å². The van der Waals surface area contributed by atoms with Crippen LogP contribution < -0.4 is 11.1 Å². The van der Waals surface area contributed by atoms with Crippen LogP contribution in [0.5, 0.6) is 0 Å². The number of nitrogens with one attached hydrogen (secondary N) is 1. The normalized spacial score (nSPS) is 11.8. The van der Waals surface area contributed by atoms with E-state index in [4.69, 9.17) is 17.3 Å². The van der Waals surface area contributed by atoms with Crippen molar-refractivity contribution in [3.63, 3.8) is 0 Å². The molecule has 0 aromatic heterocycles. The quantitative estimate of drug-likeness (QED) is 0.801. The van der Waals surface area contributed by atoms with Crippen molar-refractivity contribution in [2.75, 3.05) is 5.32 Å². The van der Waals surface area contributed by atoms with Gasteiger partial charge in [-0.2, -0.15) is 0 Å². The van der Waals surface area contributed by atoms with E-state index in [1.54, 1.807) is 25.1 Å². The third kappa shape index (κ3) is 3.87. The van der Waals surface area contributed by atoms with Crippen LogP contribution in [0.4, 0.5) is 14.9 Å². The van der Waals surface area contributed by atoms with Gasteiger partial charge in [-0.15, -0.1) is 0 Å². The second-order valence-corrected chi connectivity index (χ2v) is 5.29. The van der Waals surface area contributed by atoms with Crippen LogP contribution in [0.25, 0.3) is 0 Å². The molecular weight excluding hydrogens is 319 g/mol. The molecule has 2 rings (SSSR count). The first-order chi connectivity index (χ1) is 10.9. The molecule has 2 aromatic carbocycles. The van der Waals surface area contributed by atoms with Crippen molar-refractivity contribution in [1.29, 1.82) is 0 Å². The summed E-state index contributed by atoms with van der Waals surface area (Å²) in [7, 11) is 0. The van der Waals surface area contributed by atoms with E-state index in [1.807, 2.05) is 0 Å². The van der Waals surface area contributed by atoms with Gasteiger partial charge >= 0.3 is 6.03 Å². The smallest absolute Gasteiger partial charge is 0.316 e. The Morgan fingerprint density at radius 2 is 2.17 bits per heavy atom. The molecule has 0 aliphatic heterocycles. The number of carbonyl (C=O) groups excluding carboxylic acids is 2. The average Bonchev–Trinajstić information content (AvgIpc) is 2.53. The molecule has 6 heteroatoms. The summed E-state index contributed by atoms with van der Waals surface area (Å²) < 4.78 is 14.9. The lowest BCUT2D eigenvalue weighted by molar-refractivity contribution is 0.0988. The maximum atomic E-state index is 14.9. The number of benzene rings is 2. The van der Waals surface area contributed by atoms with Crippen molar-refractivity contribution in [1.82, 2.24) is 0 Å². The van der Waals surface area contributed by atoms with E-state index >= 15 is 0 Å². The topological polar surface area (TPSA) is 72.2 Å². The van der Waals surface area contributed by atoms with E-state index in [2.05, 4.69) is 11.4 Å². The van der Waals surface area contributed by atoms with Crippen molar-refractivity contribution < 1.29 is 14.0 Å². The van der Waals surface area contributed by atoms with E-state index in [-0.39, 0.29) is 34.0 Å². The fourth-order valence-electron chi connectivity index (χ4n) is 2.21. The number of carbonyl (C=O) groups is 2. The van der Waals surface area contributed by atoms with Gasteiger partial charge in [0.1, 0.15) is 0 Å². The summed E-state index contributed by atoms with van der Waals surface area (Å²) in [6, 6.07) is 11.1. The number of primary amides is 1. The van der Waals surface area contributed by atoms with Gasteiger partial charge in [-0.05, 0) is 29.8 Å². The summed E-state index contributed by atoms with van der Waals surface area (Å²) in [4.78, 5) is 23.0. The first-order valence-electron chi connectivity index (χ1n) is 6.97. The minimum atomic E-state index is -1.59. The van der Waals surface area contributed by atoms with Gasteiger partial charge in [0.25, 0.3) is 0 Å². The van der Waals surface area contributed by atoms with Crippen molar-refractivity contribution in [2.45, 2.75) is 19.5 Å². The summed E-state index contributed by atoms with van der Waals surface area (Å²) >= 11 is 6.17. The van der Waals surface area contributed by atoms with Crippen molar-refractivity contribution in [2.24, 2.45) is 5.73 Å². The van der Waals surface area contributed by atoms with Gasteiger partial charge < -0.3 is 11.1 Å². The van der Waals surface area contributed by atoms with E-state index in [9.17, 15) is 14.0 Å². The van der Waals surface area contributed by atoms with Crippen LogP contribution >= 0.6 is 11.6 Å². The molecule has 4 nitrogen and oxygen atoms in total. The van der Waals surface area contributed by atoms with Gasteiger partial charge in [0.15, 0.2) is 12.0 Å². The van der Waals surface area contributed by atoms with Gasteiger partial charge in [0.05, 0.1) is 5.69 Å². The van der Waals surface area contributed by atoms with Gasteiger partial charge in [0, 0.05) is 22.6 Å². The number of ketones is 1. The summed E-state index contributed by atoms with van der Waals surface area (Å²) in [6.07, 6.45) is -1.33. The number of Topliss-reactive ketones (excluding diaryl/α,β-unsaturated/α-hetero) is 1. The largest absolute Gasteiger partial charge is 0.351 e. The van der Waals surface area contributed by atoms with Crippen LogP contribution in [0.15, 0.2) is 36.4 Å². The highest BCUT2D eigenvalue weighted by molar-refractivity contribution is 6.32. The van der Waals surface area contributed by atoms with Crippen LogP contribution in [-0.2, 0) is 0 Å². The molecule has 0 spiro atoms. The fourth-order valence-corrected chi connectivity index (χ4v) is 2.52. The lowest BCUT2D eigenvalue weighted by atomic mass is 9.97. The molecular formula is C17H15ClFN2O2. The maximum Gasteiger partial charge on any atom is 0.316 e. The summed E-state index contributed by atoms with van der Waals surface area (Å²) in [6.45, 7) is 1.70. The molecule has 0 aliphatic carbocycles. The molecule has 23 heavy (non-hydrogen) atoms. The summed E-state index contributed by atoms with van der Waals surface area (Å²) in [5.41, 5.74) is 5.89. The van der Waals surface area contributed by atoms with Crippen LogP contribution in [0.1, 0.15) is 41.0 Å². The Balaban J connectivity index is 2.57. The van der Waals surface area contributed by atoms with E-state index in [0.29, 0.717) is 5.56 Å². The molecule has 1 radical (unpaired) electrons. The number of anilines is 1. The molecule has 1 unspecified atom stereocenters. The highest BCUT2D eigenvalue weighted by Crippen LogP contribution is 2.38. The van der Waals surface area contributed by atoms with Crippen LogP contribution in [0, 0.1) is 6.07 Å². The maximum absolute atomic E-state index is 14.9. The third-order valence-electron chi connectivity index (χ3n) is 3.31. The van der Waals surface area contributed by atoms with Crippen LogP contribution in [0.2, 0.25) is 5.02 Å². The number of rotatable bonds is 5. The van der Waals surface area contributed by atoms with E-state index in [0.717, 1.165) is 0 Å². The Morgan fingerprint density at radius 3 is 2.74 bits per heavy atom. The second kappa shape index (κ2) is 7.24. The Labute approximate surface area is 138 Å². The molecule has 0 saturated heterocycles. The second-order valence-electron chi connectivity index (χ2n) is 4.88. The monoisotopic (exact) mass is 333 g/mol. The molecule has 2 amide bonds. The summed E-state index contributed by atoms with van der Waals surface area (Å²) in [5.74, 6) is -0.172.